The molecule has 1 amide bonds. The Balaban J connectivity index is 1.68. The molecule has 0 unspecified atom stereocenters. The molecule has 0 saturated heterocycles. The van der Waals surface area contributed by atoms with E-state index < -0.39 is 0 Å². The van der Waals surface area contributed by atoms with Gasteiger partial charge in [0.15, 0.2) is 0 Å². The summed E-state index contributed by atoms with van der Waals surface area (Å²) in [6.45, 7) is 0.475. The van der Waals surface area contributed by atoms with Crippen LogP contribution in [0.25, 0.3) is 0 Å². The Labute approximate surface area is 171 Å². The molecule has 0 radical (unpaired) electrons. The lowest BCUT2D eigenvalue weighted by molar-refractivity contribution is 0.0941. The van der Waals surface area contributed by atoms with Gasteiger partial charge in [0.1, 0.15) is 17.2 Å². The molecule has 150 valence electrons. The number of para-hydroxylation sites is 1. The highest BCUT2D eigenvalue weighted by atomic mass is 16.5. The molecule has 1 N–H and O–H groups in total. The van der Waals surface area contributed by atoms with Crippen LogP contribution < -0.4 is 14.8 Å². The van der Waals surface area contributed by atoms with Gasteiger partial charge in [-0.05, 0) is 62.1 Å². The first-order chi connectivity index (χ1) is 14.1. The van der Waals surface area contributed by atoms with E-state index in [0.29, 0.717) is 17.9 Å². The number of carbonyl (C=O) groups excluding carboxylic acids is 1. The maximum atomic E-state index is 12.7. The monoisotopic (exact) mass is 390 g/mol. The molecule has 0 aliphatic carbocycles. The molecule has 0 aliphatic rings. The summed E-state index contributed by atoms with van der Waals surface area (Å²) in [4.78, 5) is 14.8. The van der Waals surface area contributed by atoms with Crippen molar-refractivity contribution in [1.29, 1.82) is 0 Å². The van der Waals surface area contributed by atoms with E-state index in [1.807, 2.05) is 80.8 Å². The maximum Gasteiger partial charge on any atom is 0.251 e. The van der Waals surface area contributed by atoms with Crippen LogP contribution in [0.1, 0.15) is 22.0 Å². The Hall–Kier alpha value is -3.31. The molecule has 5 heteroatoms. The van der Waals surface area contributed by atoms with Crippen molar-refractivity contribution in [2.24, 2.45) is 0 Å². The van der Waals surface area contributed by atoms with Crippen molar-refractivity contribution in [2.75, 3.05) is 27.7 Å². The van der Waals surface area contributed by atoms with E-state index in [1.165, 1.54) is 0 Å². The van der Waals surface area contributed by atoms with Crippen molar-refractivity contribution in [1.82, 2.24) is 10.2 Å². The summed E-state index contributed by atoms with van der Waals surface area (Å²) in [6.07, 6.45) is 0. The minimum atomic E-state index is -0.141. The maximum absolute atomic E-state index is 12.7. The molecule has 0 aromatic heterocycles. The van der Waals surface area contributed by atoms with Crippen molar-refractivity contribution in [3.05, 3.63) is 90.0 Å². The average molecular weight is 390 g/mol. The van der Waals surface area contributed by atoms with E-state index in [-0.39, 0.29) is 11.9 Å². The van der Waals surface area contributed by atoms with Crippen LogP contribution in [-0.2, 0) is 0 Å². The van der Waals surface area contributed by atoms with Crippen LogP contribution >= 0.6 is 0 Å². The molecule has 0 fully saturated rings. The fraction of sp³-hybridized carbons (Fsp3) is 0.208. The largest absolute Gasteiger partial charge is 0.497 e. The second-order valence-electron chi connectivity index (χ2n) is 6.91. The summed E-state index contributed by atoms with van der Waals surface area (Å²) in [5.41, 5.74) is 1.64. The van der Waals surface area contributed by atoms with Gasteiger partial charge in [0, 0.05) is 12.1 Å². The highest BCUT2D eigenvalue weighted by Gasteiger charge is 2.17. The predicted octanol–water partition coefficient (Wildman–Crippen LogP) is 4.52. The van der Waals surface area contributed by atoms with Crippen LogP contribution in [0.5, 0.6) is 17.2 Å². The molecule has 1 atom stereocenters. The zero-order valence-electron chi connectivity index (χ0n) is 17.0. The first kappa shape index (κ1) is 20.4. The van der Waals surface area contributed by atoms with Crippen LogP contribution in [0.2, 0.25) is 0 Å². The average Bonchev–Trinajstić information content (AvgIpc) is 2.74. The van der Waals surface area contributed by atoms with Crippen LogP contribution in [0, 0.1) is 0 Å². The molecule has 0 spiro atoms. The van der Waals surface area contributed by atoms with Crippen molar-refractivity contribution >= 4 is 5.91 Å². The summed E-state index contributed by atoms with van der Waals surface area (Å²) in [6, 6.07) is 24.6. The van der Waals surface area contributed by atoms with E-state index in [0.717, 1.165) is 17.1 Å². The number of benzene rings is 3. The van der Waals surface area contributed by atoms with Gasteiger partial charge in [-0.3, -0.25) is 4.79 Å². The Kier molecular flexibility index (Phi) is 6.87. The number of methoxy groups -OCH3 is 1. The summed E-state index contributed by atoms with van der Waals surface area (Å²) >= 11 is 0. The molecule has 3 aromatic carbocycles. The molecule has 0 bridgehead atoms. The second kappa shape index (κ2) is 9.75. The Morgan fingerprint density at radius 2 is 1.59 bits per heavy atom. The minimum Gasteiger partial charge on any atom is -0.497 e. The Bertz CT molecular complexity index is 942. The van der Waals surface area contributed by atoms with Crippen LogP contribution in [0.15, 0.2) is 78.9 Å². The first-order valence-electron chi connectivity index (χ1n) is 9.48. The SMILES string of the molecule is COc1cccc([C@H](CNC(=O)c2cccc(Oc3ccccc3)c2)N(C)C)c1. The topological polar surface area (TPSA) is 50.8 Å². The molecular weight excluding hydrogens is 364 g/mol. The standard InChI is InChI=1S/C24H26N2O3/c1-26(2)23(18-9-7-13-21(15-18)28-3)17-25-24(27)19-10-8-14-22(16-19)29-20-11-5-4-6-12-20/h4-16,23H,17H2,1-3H3,(H,25,27)/t23-/m0/s1. The molecule has 0 aliphatic heterocycles. The minimum absolute atomic E-state index is 0.0257. The molecular formula is C24H26N2O3. The number of hydrogen-bond donors (Lipinski definition) is 1. The smallest absolute Gasteiger partial charge is 0.251 e. The third-order valence-corrected chi connectivity index (χ3v) is 4.63. The lowest BCUT2D eigenvalue weighted by Crippen LogP contribution is -2.34. The summed E-state index contributed by atoms with van der Waals surface area (Å²) in [7, 11) is 5.63. The number of nitrogens with zero attached hydrogens (tertiary/aromatic N) is 1. The summed E-state index contributed by atoms with van der Waals surface area (Å²) in [5, 5.41) is 3.03. The van der Waals surface area contributed by atoms with Crippen LogP contribution in [0.3, 0.4) is 0 Å². The van der Waals surface area contributed by atoms with Gasteiger partial charge in [-0.1, -0.05) is 36.4 Å². The van der Waals surface area contributed by atoms with Crippen LogP contribution in [-0.4, -0.2) is 38.6 Å². The second-order valence-corrected chi connectivity index (χ2v) is 6.91. The molecule has 0 saturated carbocycles. The number of nitrogens with one attached hydrogen (secondary N) is 1. The molecule has 3 rings (SSSR count). The predicted molar refractivity (Wildman–Crippen MR) is 115 cm³/mol. The zero-order valence-corrected chi connectivity index (χ0v) is 17.0. The van der Waals surface area contributed by atoms with Gasteiger partial charge < -0.3 is 19.7 Å². The van der Waals surface area contributed by atoms with Crippen molar-refractivity contribution in [3.8, 4) is 17.2 Å². The number of likely N-dealkylation sites (N-methyl/N-ethyl adjacent to an activating group) is 1. The van der Waals surface area contributed by atoms with Gasteiger partial charge in [0.05, 0.1) is 13.2 Å². The quantitative estimate of drug-likeness (QED) is 0.614. The molecule has 5 nitrogen and oxygen atoms in total. The normalized spacial score (nSPS) is 11.7. The third-order valence-electron chi connectivity index (χ3n) is 4.63. The number of rotatable bonds is 8. The van der Waals surface area contributed by atoms with E-state index in [2.05, 4.69) is 10.2 Å². The molecule has 3 aromatic rings. The van der Waals surface area contributed by atoms with E-state index >= 15 is 0 Å². The Morgan fingerprint density at radius 3 is 2.31 bits per heavy atom. The highest BCUT2D eigenvalue weighted by Crippen LogP contribution is 2.23. The third kappa shape index (κ3) is 5.59. The summed E-state index contributed by atoms with van der Waals surface area (Å²) in [5.74, 6) is 2.02. The van der Waals surface area contributed by atoms with E-state index in [9.17, 15) is 4.79 Å². The highest BCUT2D eigenvalue weighted by molar-refractivity contribution is 5.94. The number of ether oxygens (including phenoxy) is 2. The van der Waals surface area contributed by atoms with Gasteiger partial charge in [0.2, 0.25) is 0 Å². The molecule has 29 heavy (non-hydrogen) atoms. The van der Waals surface area contributed by atoms with Crippen LogP contribution in [0.4, 0.5) is 0 Å². The van der Waals surface area contributed by atoms with Gasteiger partial charge in [0.25, 0.3) is 5.91 Å². The van der Waals surface area contributed by atoms with Crippen molar-refractivity contribution < 1.29 is 14.3 Å². The van der Waals surface area contributed by atoms with Gasteiger partial charge >= 0.3 is 0 Å². The van der Waals surface area contributed by atoms with Gasteiger partial charge in [-0.2, -0.15) is 0 Å². The lowest BCUT2D eigenvalue weighted by atomic mass is 10.1. The Morgan fingerprint density at radius 1 is 0.897 bits per heavy atom. The van der Waals surface area contributed by atoms with E-state index in [1.54, 1.807) is 19.2 Å². The number of amides is 1. The number of carbonyl (C=O) groups is 1. The first-order valence-corrected chi connectivity index (χ1v) is 9.48. The number of hydrogen-bond acceptors (Lipinski definition) is 4. The van der Waals surface area contributed by atoms with Gasteiger partial charge in [-0.25, -0.2) is 0 Å². The fourth-order valence-corrected chi connectivity index (χ4v) is 3.06. The van der Waals surface area contributed by atoms with Gasteiger partial charge in [-0.15, -0.1) is 0 Å². The zero-order chi connectivity index (χ0) is 20.6. The fourth-order valence-electron chi connectivity index (χ4n) is 3.06. The van der Waals surface area contributed by atoms with Crippen molar-refractivity contribution in [2.45, 2.75) is 6.04 Å². The van der Waals surface area contributed by atoms with E-state index in [4.69, 9.17) is 9.47 Å². The summed E-state index contributed by atoms with van der Waals surface area (Å²) < 4.78 is 11.1. The van der Waals surface area contributed by atoms with Crippen molar-refractivity contribution in [3.63, 3.8) is 0 Å². The molecule has 0 heterocycles. The lowest BCUT2D eigenvalue weighted by Gasteiger charge is -2.25.